The maximum absolute atomic E-state index is 12.2. The van der Waals surface area contributed by atoms with Crippen LogP contribution in [-0.4, -0.2) is 45.3 Å². The molecule has 1 aromatic carbocycles. The van der Waals surface area contributed by atoms with Gasteiger partial charge in [0.05, 0.1) is 4.90 Å². The van der Waals surface area contributed by atoms with E-state index in [1.165, 1.54) is 38.3 Å². The number of ketones is 1. The van der Waals surface area contributed by atoms with E-state index < -0.39 is 10.0 Å². The largest absolute Gasteiger partial charge is 0.303 e. The number of nitrogens with one attached hydrogen (secondary N) is 1. The van der Waals surface area contributed by atoms with Crippen LogP contribution in [0.2, 0.25) is 0 Å². The molecule has 0 atom stereocenters. The fourth-order valence-electron chi connectivity index (χ4n) is 2.66. The first-order valence-electron chi connectivity index (χ1n) is 7.82. The zero-order valence-electron chi connectivity index (χ0n) is 13.0. The molecule has 6 heteroatoms. The number of sulfonamides is 1. The Morgan fingerprint density at radius 1 is 1.23 bits per heavy atom. The van der Waals surface area contributed by atoms with Gasteiger partial charge in [-0.25, -0.2) is 13.1 Å². The number of hydrogen-bond acceptors (Lipinski definition) is 4. The Morgan fingerprint density at radius 2 is 1.95 bits per heavy atom. The summed E-state index contributed by atoms with van der Waals surface area (Å²) < 4.78 is 27.1. The van der Waals surface area contributed by atoms with Crippen molar-refractivity contribution in [2.45, 2.75) is 37.5 Å². The van der Waals surface area contributed by atoms with E-state index in [0.29, 0.717) is 12.1 Å². The van der Waals surface area contributed by atoms with Gasteiger partial charge in [-0.2, -0.15) is 0 Å². The molecular formula is C16H24N2O3S. The third kappa shape index (κ3) is 4.90. The lowest BCUT2D eigenvalue weighted by molar-refractivity contribution is 0.101. The van der Waals surface area contributed by atoms with Crippen LogP contribution in [-0.2, 0) is 10.0 Å². The van der Waals surface area contributed by atoms with Crippen molar-refractivity contribution in [1.29, 1.82) is 0 Å². The average Bonchev–Trinajstić information content (AvgIpc) is 2.53. The minimum atomic E-state index is -3.54. The van der Waals surface area contributed by atoms with Crippen molar-refractivity contribution in [1.82, 2.24) is 9.62 Å². The number of Topliss-reactive ketones (excluding diaryl/α,β-unsaturated/α-hetero) is 1. The van der Waals surface area contributed by atoms with Gasteiger partial charge in [0.15, 0.2) is 5.78 Å². The van der Waals surface area contributed by atoms with Crippen LogP contribution in [0, 0.1) is 0 Å². The van der Waals surface area contributed by atoms with E-state index in [2.05, 4.69) is 9.62 Å². The van der Waals surface area contributed by atoms with Gasteiger partial charge in [-0.05, 0) is 58.0 Å². The second-order valence-electron chi connectivity index (χ2n) is 5.74. The Balaban J connectivity index is 1.85. The molecule has 2 rings (SSSR count). The number of likely N-dealkylation sites (tertiary alicyclic amines) is 1. The quantitative estimate of drug-likeness (QED) is 0.616. The molecule has 1 heterocycles. The molecular weight excluding hydrogens is 300 g/mol. The predicted octanol–water partition coefficient (Wildman–Crippen LogP) is 2.04. The second-order valence-corrected chi connectivity index (χ2v) is 7.50. The first kappa shape index (κ1) is 17.1. The van der Waals surface area contributed by atoms with Crippen molar-refractivity contribution >= 4 is 15.8 Å². The van der Waals surface area contributed by atoms with Gasteiger partial charge in [0.25, 0.3) is 0 Å². The SMILES string of the molecule is CC(=O)c1cccc(S(=O)(=O)NCCCN2CCCCC2)c1. The molecule has 1 aliphatic heterocycles. The summed E-state index contributed by atoms with van der Waals surface area (Å²) in [6.45, 7) is 5.01. The van der Waals surface area contributed by atoms with Crippen molar-refractivity contribution in [3.05, 3.63) is 29.8 Å². The molecule has 1 saturated heterocycles. The molecule has 0 spiro atoms. The van der Waals surface area contributed by atoms with E-state index in [1.807, 2.05) is 0 Å². The lowest BCUT2D eigenvalue weighted by atomic mass is 10.1. The van der Waals surface area contributed by atoms with Crippen molar-refractivity contribution < 1.29 is 13.2 Å². The third-order valence-corrected chi connectivity index (χ3v) is 5.40. The van der Waals surface area contributed by atoms with Gasteiger partial charge in [0.2, 0.25) is 10.0 Å². The molecule has 0 aliphatic carbocycles. The molecule has 122 valence electrons. The Morgan fingerprint density at radius 3 is 2.64 bits per heavy atom. The first-order valence-corrected chi connectivity index (χ1v) is 9.30. The average molecular weight is 324 g/mol. The van der Waals surface area contributed by atoms with Gasteiger partial charge in [0.1, 0.15) is 0 Å². The third-order valence-electron chi connectivity index (χ3n) is 3.94. The maximum atomic E-state index is 12.2. The van der Waals surface area contributed by atoms with E-state index in [1.54, 1.807) is 12.1 Å². The second kappa shape index (κ2) is 7.85. The van der Waals surface area contributed by atoms with Crippen LogP contribution in [0.4, 0.5) is 0 Å². The lowest BCUT2D eigenvalue weighted by Crippen LogP contribution is -2.33. The van der Waals surface area contributed by atoms with Crippen LogP contribution >= 0.6 is 0 Å². The summed E-state index contributed by atoms with van der Waals surface area (Å²) in [4.78, 5) is 13.9. The summed E-state index contributed by atoms with van der Waals surface area (Å²) in [6, 6.07) is 6.16. The molecule has 0 radical (unpaired) electrons. The number of carbonyl (C=O) groups excluding carboxylic acids is 1. The minimum absolute atomic E-state index is 0.137. The van der Waals surface area contributed by atoms with Crippen LogP contribution < -0.4 is 4.72 Å². The highest BCUT2D eigenvalue weighted by atomic mass is 32.2. The van der Waals surface area contributed by atoms with Crippen LogP contribution in [0.25, 0.3) is 0 Å². The van der Waals surface area contributed by atoms with Crippen LogP contribution in [0.1, 0.15) is 43.0 Å². The number of piperidine rings is 1. The van der Waals surface area contributed by atoms with Crippen LogP contribution in [0.3, 0.4) is 0 Å². The van der Waals surface area contributed by atoms with Gasteiger partial charge in [-0.3, -0.25) is 4.79 Å². The van der Waals surface area contributed by atoms with Gasteiger partial charge in [-0.15, -0.1) is 0 Å². The number of benzene rings is 1. The Hall–Kier alpha value is -1.24. The molecule has 0 amide bonds. The zero-order valence-corrected chi connectivity index (χ0v) is 13.9. The Bertz CT molecular complexity index is 608. The Labute approximate surface area is 132 Å². The van der Waals surface area contributed by atoms with Crippen LogP contribution in [0.15, 0.2) is 29.2 Å². The molecule has 22 heavy (non-hydrogen) atoms. The number of nitrogens with zero attached hydrogens (tertiary/aromatic N) is 1. The summed E-state index contributed by atoms with van der Waals surface area (Å²) in [5.74, 6) is -0.137. The van der Waals surface area contributed by atoms with Gasteiger partial charge >= 0.3 is 0 Å². The molecule has 1 aliphatic rings. The summed E-state index contributed by atoms with van der Waals surface area (Å²) >= 11 is 0. The standard InChI is InChI=1S/C16H24N2O3S/c1-14(19)15-7-5-8-16(13-15)22(20,21)17-9-6-12-18-10-3-2-4-11-18/h5,7-8,13,17H,2-4,6,9-12H2,1H3. The van der Waals surface area contributed by atoms with Crippen LogP contribution in [0.5, 0.6) is 0 Å². The highest BCUT2D eigenvalue weighted by Gasteiger charge is 2.15. The van der Waals surface area contributed by atoms with Crippen molar-refractivity contribution in [2.75, 3.05) is 26.2 Å². The van der Waals surface area contributed by atoms with E-state index in [4.69, 9.17) is 0 Å². The van der Waals surface area contributed by atoms with Gasteiger partial charge < -0.3 is 4.90 Å². The van der Waals surface area contributed by atoms with Gasteiger partial charge in [-0.1, -0.05) is 18.6 Å². The highest BCUT2D eigenvalue weighted by molar-refractivity contribution is 7.89. The molecule has 5 nitrogen and oxygen atoms in total. The Kier molecular flexibility index (Phi) is 6.11. The summed E-state index contributed by atoms with van der Waals surface area (Å²) in [7, 11) is -3.54. The lowest BCUT2D eigenvalue weighted by Gasteiger charge is -2.26. The first-order chi connectivity index (χ1) is 10.5. The molecule has 1 aromatic rings. The normalized spacial score (nSPS) is 16.6. The van der Waals surface area contributed by atoms with E-state index >= 15 is 0 Å². The summed E-state index contributed by atoms with van der Waals surface area (Å²) in [5.41, 5.74) is 0.413. The zero-order chi connectivity index (χ0) is 16.0. The fraction of sp³-hybridized carbons (Fsp3) is 0.562. The van der Waals surface area contributed by atoms with E-state index in [0.717, 1.165) is 26.1 Å². The minimum Gasteiger partial charge on any atom is -0.303 e. The number of rotatable bonds is 7. The number of carbonyl (C=O) groups is 1. The fourth-order valence-corrected chi connectivity index (χ4v) is 3.78. The molecule has 0 saturated carbocycles. The molecule has 0 aromatic heterocycles. The summed E-state index contributed by atoms with van der Waals surface area (Å²) in [6.07, 6.45) is 4.58. The molecule has 1 fully saturated rings. The predicted molar refractivity (Wildman–Crippen MR) is 86.5 cm³/mol. The van der Waals surface area contributed by atoms with Crippen molar-refractivity contribution in [3.8, 4) is 0 Å². The topological polar surface area (TPSA) is 66.5 Å². The van der Waals surface area contributed by atoms with E-state index in [-0.39, 0.29) is 10.7 Å². The number of hydrogen-bond donors (Lipinski definition) is 1. The molecule has 1 N–H and O–H groups in total. The monoisotopic (exact) mass is 324 g/mol. The smallest absolute Gasteiger partial charge is 0.240 e. The molecule has 0 bridgehead atoms. The molecule has 0 unspecified atom stereocenters. The van der Waals surface area contributed by atoms with Crippen molar-refractivity contribution in [2.24, 2.45) is 0 Å². The van der Waals surface area contributed by atoms with Gasteiger partial charge in [0, 0.05) is 12.1 Å². The van der Waals surface area contributed by atoms with Crippen molar-refractivity contribution in [3.63, 3.8) is 0 Å². The van der Waals surface area contributed by atoms with E-state index in [9.17, 15) is 13.2 Å². The summed E-state index contributed by atoms with van der Waals surface area (Å²) in [5, 5.41) is 0. The highest BCUT2D eigenvalue weighted by Crippen LogP contribution is 2.12. The maximum Gasteiger partial charge on any atom is 0.240 e.